The maximum atomic E-state index is 13.0. The van der Waals surface area contributed by atoms with Gasteiger partial charge in [0.2, 0.25) is 0 Å². The smallest absolute Gasteiger partial charge is 0.271 e. The third-order valence-corrected chi connectivity index (χ3v) is 2.85. The van der Waals surface area contributed by atoms with Crippen LogP contribution in [0.3, 0.4) is 0 Å². The van der Waals surface area contributed by atoms with E-state index in [2.05, 4.69) is 5.10 Å². The van der Waals surface area contributed by atoms with Crippen molar-refractivity contribution in [2.24, 2.45) is 12.8 Å². The van der Waals surface area contributed by atoms with E-state index < -0.39 is 5.82 Å². The molecule has 0 saturated carbocycles. The first-order chi connectivity index (χ1) is 8.04. The first-order valence-electron chi connectivity index (χ1n) is 4.98. The van der Waals surface area contributed by atoms with E-state index >= 15 is 0 Å². The Bertz CT molecular complexity index is 618. The lowest BCUT2D eigenvalue weighted by Crippen LogP contribution is -2.17. The van der Waals surface area contributed by atoms with E-state index in [1.165, 1.54) is 16.8 Å². The summed E-state index contributed by atoms with van der Waals surface area (Å²) in [6.45, 7) is 0.112. The molecular weight excluding hydrogens is 245 g/mol. The number of hydrogen-bond acceptors (Lipinski definition) is 2. The van der Waals surface area contributed by atoms with Crippen LogP contribution in [0.4, 0.5) is 4.39 Å². The van der Waals surface area contributed by atoms with E-state index in [1.807, 2.05) is 0 Å². The monoisotopic (exact) mass is 255 g/mol. The predicted octanol–water partition coefficient (Wildman–Crippen LogP) is 1.63. The number of aromatic amines is 1. The van der Waals surface area contributed by atoms with Crippen LogP contribution in [-0.4, -0.2) is 9.78 Å². The zero-order valence-corrected chi connectivity index (χ0v) is 9.88. The summed E-state index contributed by atoms with van der Waals surface area (Å²) in [5.74, 6) is -0.497. The van der Waals surface area contributed by atoms with Gasteiger partial charge in [-0.1, -0.05) is 11.6 Å². The molecule has 1 heterocycles. The van der Waals surface area contributed by atoms with Gasteiger partial charge in [0.1, 0.15) is 5.82 Å². The van der Waals surface area contributed by atoms with Gasteiger partial charge in [-0.15, -0.1) is 0 Å². The van der Waals surface area contributed by atoms with Gasteiger partial charge >= 0.3 is 0 Å². The summed E-state index contributed by atoms with van der Waals surface area (Å²) in [6, 6.07) is 4.26. The standard InChI is InChI=1S/C11H11ClFN3O/c1-16-11(17)7(5-14)10(15-16)6-2-3-9(13)8(12)4-6/h2-4,15H,5,14H2,1H3. The van der Waals surface area contributed by atoms with Crippen molar-refractivity contribution in [2.75, 3.05) is 0 Å². The number of aryl methyl sites for hydroxylation is 1. The molecule has 90 valence electrons. The molecule has 0 spiro atoms. The van der Waals surface area contributed by atoms with Crippen LogP contribution < -0.4 is 11.3 Å². The van der Waals surface area contributed by atoms with Gasteiger partial charge in [-0.2, -0.15) is 0 Å². The molecule has 0 bridgehead atoms. The predicted molar refractivity (Wildman–Crippen MR) is 64.3 cm³/mol. The molecule has 0 unspecified atom stereocenters. The number of aromatic nitrogens is 2. The second-order valence-corrected chi connectivity index (χ2v) is 4.07. The van der Waals surface area contributed by atoms with E-state index in [4.69, 9.17) is 17.3 Å². The van der Waals surface area contributed by atoms with Crippen molar-refractivity contribution >= 4 is 11.6 Å². The van der Waals surface area contributed by atoms with Crippen LogP contribution in [0.25, 0.3) is 11.3 Å². The molecule has 0 atom stereocenters. The lowest BCUT2D eigenvalue weighted by molar-refractivity contribution is 0.628. The summed E-state index contributed by atoms with van der Waals surface area (Å²) in [4.78, 5) is 11.7. The van der Waals surface area contributed by atoms with E-state index in [9.17, 15) is 9.18 Å². The van der Waals surface area contributed by atoms with Gasteiger partial charge in [0, 0.05) is 19.2 Å². The van der Waals surface area contributed by atoms with Gasteiger partial charge in [-0.05, 0) is 18.2 Å². The van der Waals surface area contributed by atoms with Crippen molar-refractivity contribution in [1.29, 1.82) is 0 Å². The minimum atomic E-state index is -0.497. The number of nitrogens with one attached hydrogen (secondary N) is 1. The fraction of sp³-hybridized carbons (Fsp3) is 0.182. The summed E-state index contributed by atoms with van der Waals surface area (Å²) in [5.41, 5.74) is 7.00. The molecule has 0 amide bonds. The maximum Gasteiger partial charge on any atom is 0.271 e. The van der Waals surface area contributed by atoms with Gasteiger partial charge in [0.15, 0.2) is 0 Å². The molecule has 0 saturated heterocycles. The first-order valence-corrected chi connectivity index (χ1v) is 5.35. The molecule has 0 fully saturated rings. The van der Waals surface area contributed by atoms with Crippen LogP contribution in [0.15, 0.2) is 23.0 Å². The van der Waals surface area contributed by atoms with Crippen molar-refractivity contribution in [3.05, 3.63) is 45.0 Å². The van der Waals surface area contributed by atoms with Crippen molar-refractivity contribution in [3.8, 4) is 11.3 Å². The van der Waals surface area contributed by atoms with E-state index in [0.29, 0.717) is 16.8 Å². The van der Waals surface area contributed by atoms with Crippen LogP contribution in [0.2, 0.25) is 5.02 Å². The molecule has 2 rings (SSSR count). The topological polar surface area (TPSA) is 63.8 Å². The summed E-state index contributed by atoms with van der Waals surface area (Å²) in [7, 11) is 1.59. The highest BCUT2D eigenvalue weighted by Crippen LogP contribution is 2.24. The van der Waals surface area contributed by atoms with Gasteiger partial charge in [-0.3, -0.25) is 14.6 Å². The molecule has 3 N–H and O–H groups in total. The zero-order valence-electron chi connectivity index (χ0n) is 9.13. The second-order valence-electron chi connectivity index (χ2n) is 3.66. The Balaban J connectivity index is 2.64. The molecule has 0 aliphatic rings. The Hall–Kier alpha value is -1.59. The number of rotatable bonds is 2. The lowest BCUT2D eigenvalue weighted by Gasteiger charge is -2.02. The highest BCUT2D eigenvalue weighted by atomic mass is 35.5. The Labute approximate surface area is 102 Å². The number of nitrogens with zero attached hydrogens (tertiary/aromatic N) is 1. The molecule has 4 nitrogen and oxygen atoms in total. The molecule has 1 aromatic carbocycles. The minimum absolute atomic E-state index is 0.00942. The van der Waals surface area contributed by atoms with Crippen LogP contribution in [-0.2, 0) is 13.6 Å². The SMILES string of the molecule is Cn1[nH]c(-c2ccc(F)c(Cl)c2)c(CN)c1=O. The molecule has 17 heavy (non-hydrogen) atoms. The summed E-state index contributed by atoms with van der Waals surface area (Å²) in [6.07, 6.45) is 0. The fourth-order valence-electron chi connectivity index (χ4n) is 1.68. The van der Waals surface area contributed by atoms with Gasteiger partial charge in [-0.25, -0.2) is 4.39 Å². The van der Waals surface area contributed by atoms with Crippen LogP contribution >= 0.6 is 11.6 Å². The number of H-pyrrole nitrogens is 1. The Morgan fingerprint density at radius 1 is 1.53 bits per heavy atom. The Morgan fingerprint density at radius 2 is 2.24 bits per heavy atom. The number of benzene rings is 1. The van der Waals surface area contributed by atoms with Crippen LogP contribution in [0, 0.1) is 5.82 Å². The fourth-order valence-corrected chi connectivity index (χ4v) is 1.86. The summed E-state index contributed by atoms with van der Waals surface area (Å²) >= 11 is 5.70. The van der Waals surface area contributed by atoms with Gasteiger partial charge in [0.25, 0.3) is 5.56 Å². The third-order valence-electron chi connectivity index (χ3n) is 2.56. The Kier molecular flexibility index (Phi) is 3.04. The maximum absolute atomic E-state index is 13.0. The van der Waals surface area contributed by atoms with Crippen molar-refractivity contribution < 1.29 is 4.39 Å². The number of nitrogens with two attached hydrogens (primary N) is 1. The molecule has 2 aromatic rings. The number of halogens is 2. The Morgan fingerprint density at radius 3 is 2.82 bits per heavy atom. The minimum Gasteiger partial charge on any atom is -0.326 e. The quantitative estimate of drug-likeness (QED) is 0.857. The van der Waals surface area contributed by atoms with Crippen LogP contribution in [0.1, 0.15) is 5.56 Å². The molecule has 1 aromatic heterocycles. The summed E-state index contributed by atoms with van der Waals surface area (Å²) in [5, 5.41) is 2.88. The van der Waals surface area contributed by atoms with Crippen molar-refractivity contribution in [1.82, 2.24) is 9.78 Å². The highest BCUT2D eigenvalue weighted by molar-refractivity contribution is 6.31. The molecule has 0 aliphatic carbocycles. The second kappa shape index (κ2) is 4.35. The highest BCUT2D eigenvalue weighted by Gasteiger charge is 2.13. The average Bonchev–Trinajstić information content (AvgIpc) is 2.59. The molecule has 6 heteroatoms. The van der Waals surface area contributed by atoms with Crippen molar-refractivity contribution in [2.45, 2.75) is 6.54 Å². The normalized spacial score (nSPS) is 10.8. The molecular formula is C11H11ClFN3O. The van der Waals surface area contributed by atoms with E-state index in [0.717, 1.165) is 0 Å². The first kappa shape index (κ1) is 11.9. The average molecular weight is 256 g/mol. The van der Waals surface area contributed by atoms with Crippen molar-refractivity contribution in [3.63, 3.8) is 0 Å². The van der Waals surface area contributed by atoms with Gasteiger partial charge in [0.05, 0.1) is 16.3 Å². The summed E-state index contributed by atoms with van der Waals surface area (Å²) < 4.78 is 14.4. The molecule has 0 radical (unpaired) electrons. The number of hydrogen-bond donors (Lipinski definition) is 2. The van der Waals surface area contributed by atoms with E-state index in [1.54, 1.807) is 13.1 Å². The largest absolute Gasteiger partial charge is 0.326 e. The van der Waals surface area contributed by atoms with Crippen LogP contribution in [0.5, 0.6) is 0 Å². The zero-order chi connectivity index (χ0) is 12.6. The third kappa shape index (κ3) is 1.99. The lowest BCUT2D eigenvalue weighted by atomic mass is 10.1. The molecule has 0 aliphatic heterocycles. The van der Waals surface area contributed by atoms with Gasteiger partial charge < -0.3 is 5.73 Å². The van der Waals surface area contributed by atoms with E-state index in [-0.39, 0.29) is 17.1 Å².